The van der Waals surface area contributed by atoms with Crippen LogP contribution in [-0.2, 0) is 6.42 Å². The summed E-state index contributed by atoms with van der Waals surface area (Å²) < 4.78 is 1.75. The van der Waals surface area contributed by atoms with Gasteiger partial charge in [-0.15, -0.1) is 0 Å². The number of hydrogen-bond donors (Lipinski definition) is 2. The molecule has 3 aromatic rings. The third-order valence-electron chi connectivity index (χ3n) is 3.81. The van der Waals surface area contributed by atoms with Crippen molar-refractivity contribution in [2.24, 2.45) is 0 Å². The van der Waals surface area contributed by atoms with Crippen LogP contribution in [0.4, 0.5) is 11.8 Å². The maximum absolute atomic E-state index is 5.81. The first kappa shape index (κ1) is 17.3. The fourth-order valence-electron chi connectivity index (χ4n) is 2.63. The molecule has 3 aromatic heterocycles. The summed E-state index contributed by atoms with van der Waals surface area (Å²) in [4.78, 5) is 17.0. The van der Waals surface area contributed by atoms with E-state index in [0.29, 0.717) is 16.9 Å². The largest absolute Gasteiger partial charge is 0.369 e. The van der Waals surface area contributed by atoms with Crippen LogP contribution in [0.3, 0.4) is 0 Å². The van der Waals surface area contributed by atoms with Crippen LogP contribution in [0, 0.1) is 6.92 Å². The van der Waals surface area contributed by atoms with Crippen molar-refractivity contribution in [1.29, 1.82) is 0 Å². The summed E-state index contributed by atoms with van der Waals surface area (Å²) in [5.74, 6) is 2.16. The van der Waals surface area contributed by atoms with Crippen LogP contribution in [0.25, 0.3) is 5.65 Å². The first-order valence-electron chi connectivity index (χ1n) is 8.28. The number of halogens is 1. The second-order valence-electron chi connectivity index (χ2n) is 5.71. The highest BCUT2D eigenvalue weighted by atomic mass is 35.5. The van der Waals surface area contributed by atoms with E-state index >= 15 is 0 Å². The minimum atomic E-state index is 0.399. The number of nitrogens with zero attached hydrogens (tertiary/aromatic N) is 6. The predicted octanol–water partition coefficient (Wildman–Crippen LogP) is 2.74. The zero-order chi connectivity index (χ0) is 17.6. The molecular weight excluding hydrogens is 340 g/mol. The normalized spacial score (nSPS) is 11.0. The minimum absolute atomic E-state index is 0.399. The smallest absolute Gasteiger partial charge is 0.227 e. The zero-order valence-electron chi connectivity index (χ0n) is 14.3. The van der Waals surface area contributed by atoms with Gasteiger partial charge in [0.15, 0.2) is 5.65 Å². The van der Waals surface area contributed by atoms with Crippen LogP contribution in [0.1, 0.15) is 30.7 Å². The maximum Gasteiger partial charge on any atom is 0.227 e. The van der Waals surface area contributed by atoms with Gasteiger partial charge in [0, 0.05) is 19.2 Å². The second kappa shape index (κ2) is 8.06. The second-order valence-corrected chi connectivity index (χ2v) is 6.10. The fraction of sp³-hybridized carbons (Fsp3) is 0.438. The van der Waals surface area contributed by atoms with Crippen LogP contribution in [0.5, 0.6) is 0 Å². The Bertz CT molecular complexity index is 847. The highest BCUT2D eigenvalue weighted by Crippen LogP contribution is 2.15. The molecule has 0 bridgehead atoms. The third-order valence-corrected chi connectivity index (χ3v) is 3.99. The van der Waals surface area contributed by atoms with Gasteiger partial charge >= 0.3 is 0 Å². The van der Waals surface area contributed by atoms with E-state index in [9.17, 15) is 0 Å². The van der Waals surface area contributed by atoms with Crippen molar-refractivity contribution < 1.29 is 0 Å². The summed E-state index contributed by atoms with van der Waals surface area (Å²) in [6.45, 7) is 2.73. The number of nitrogens with one attached hydrogen (secondary N) is 2. The van der Waals surface area contributed by atoms with Crippen molar-refractivity contribution in [2.45, 2.75) is 32.6 Å². The predicted molar refractivity (Wildman–Crippen MR) is 98.2 cm³/mol. The van der Waals surface area contributed by atoms with E-state index in [1.165, 1.54) is 6.20 Å². The molecule has 3 heterocycles. The number of rotatable bonds is 8. The highest BCUT2D eigenvalue weighted by Gasteiger charge is 2.10. The van der Waals surface area contributed by atoms with E-state index in [0.717, 1.165) is 49.3 Å². The topological polar surface area (TPSA) is 92.9 Å². The summed E-state index contributed by atoms with van der Waals surface area (Å²) in [5.41, 5.74) is 2.03. The lowest BCUT2D eigenvalue weighted by Gasteiger charge is -2.06. The van der Waals surface area contributed by atoms with Gasteiger partial charge < -0.3 is 10.6 Å². The molecule has 0 radical (unpaired) electrons. The molecule has 0 aromatic carbocycles. The van der Waals surface area contributed by atoms with Gasteiger partial charge in [-0.05, 0) is 26.2 Å². The van der Waals surface area contributed by atoms with E-state index in [2.05, 4.69) is 35.7 Å². The zero-order valence-corrected chi connectivity index (χ0v) is 15.1. The fourth-order valence-corrected chi connectivity index (χ4v) is 2.78. The number of anilines is 2. The first-order valence-corrected chi connectivity index (χ1v) is 8.65. The highest BCUT2D eigenvalue weighted by molar-refractivity contribution is 6.29. The van der Waals surface area contributed by atoms with Crippen LogP contribution < -0.4 is 10.6 Å². The molecule has 0 aliphatic carbocycles. The number of unbranched alkanes of at least 4 members (excludes halogenated alkanes) is 2. The van der Waals surface area contributed by atoms with Crippen LogP contribution in [0.2, 0.25) is 5.15 Å². The Balaban J connectivity index is 1.48. The number of aromatic nitrogens is 6. The van der Waals surface area contributed by atoms with E-state index in [1.807, 2.05) is 20.2 Å². The van der Waals surface area contributed by atoms with Crippen LogP contribution in [0.15, 0.2) is 18.6 Å². The van der Waals surface area contributed by atoms with Crippen LogP contribution >= 0.6 is 11.6 Å². The van der Waals surface area contributed by atoms with Gasteiger partial charge in [-0.3, -0.25) is 4.98 Å². The van der Waals surface area contributed by atoms with Gasteiger partial charge in [0.25, 0.3) is 0 Å². The molecular formula is C16H21ClN8. The molecule has 9 heteroatoms. The molecule has 3 rings (SSSR count). The third kappa shape index (κ3) is 4.33. The van der Waals surface area contributed by atoms with E-state index in [1.54, 1.807) is 10.7 Å². The van der Waals surface area contributed by atoms with Crippen molar-refractivity contribution in [3.63, 3.8) is 0 Å². The van der Waals surface area contributed by atoms with Crippen molar-refractivity contribution in [2.75, 3.05) is 24.2 Å². The van der Waals surface area contributed by atoms with Gasteiger partial charge in [0.2, 0.25) is 5.95 Å². The number of hydrogen-bond acceptors (Lipinski definition) is 7. The SMILES string of the molecule is CNc1nc(C)nc2c(CCCCCNc3cncc(Cl)n3)cnn12. The first-order chi connectivity index (χ1) is 12.2. The summed E-state index contributed by atoms with van der Waals surface area (Å²) in [5, 5.41) is 11.1. The molecule has 0 amide bonds. The number of fused-ring (bicyclic) bond motifs is 1. The van der Waals surface area contributed by atoms with Crippen LogP contribution in [-0.4, -0.2) is 43.1 Å². The molecule has 0 aliphatic heterocycles. The average Bonchev–Trinajstić information content (AvgIpc) is 3.00. The minimum Gasteiger partial charge on any atom is -0.369 e. The molecule has 8 nitrogen and oxygen atoms in total. The monoisotopic (exact) mass is 360 g/mol. The summed E-state index contributed by atoms with van der Waals surface area (Å²) in [6.07, 6.45) is 9.23. The number of aryl methyl sites for hydroxylation is 2. The van der Waals surface area contributed by atoms with Gasteiger partial charge in [-0.25, -0.2) is 9.97 Å². The van der Waals surface area contributed by atoms with E-state index < -0.39 is 0 Å². The summed E-state index contributed by atoms with van der Waals surface area (Å²) in [7, 11) is 1.83. The molecule has 2 N–H and O–H groups in total. The Hall–Kier alpha value is -2.48. The molecule has 0 atom stereocenters. The molecule has 0 fully saturated rings. The Labute approximate surface area is 151 Å². The van der Waals surface area contributed by atoms with Crippen molar-refractivity contribution in [3.8, 4) is 0 Å². The van der Waals surface area contributed by atoms with Crippen molar-refractivity contribution >= 4 is 29.0 Å². The lowest BCUT2D eigenvalue weighted by molar-refractivity contribution is 0.698. The molecule has 132 valence electrons. The Morgan fingerprint density at radius 1 is 1.08 bits per heavy atom. The van der Waals surface area contributed by atoms with Crippen molar-refractivity contribution in [1.82, 2.24) is 29.5 Å². The molecule has 0 spiro atoms. The van der Waals surface area contributed by atoms with E-state index in [4.69, 9.17) is 11.6 Å². The quantitative estimate of drug-likeness (QED) is 0.596. The maximum atomic E-state index is 5.81. The standard InChI is InChI=1S/C16H21ClN8/c1-11-22-15-12(8-21-25(15)16(18-2)23-11)6-4-3-5-7-20-14-10-19-9-13(17)24-14/h8-10H,3-7H2,1-2H3,(H,20,24)(H,18,22,23). The van der Waals surface area contributed by atoms with Gasteiger partial charge in [-0.1, -0.05) is 18.0 Å². The average molecular weight is 361 g/mol. The van der Waals surface area contributed by atoms with Crippen molar-refractivity contribution in [3.05, 3.63) is 35.1 Å². The molecule has 0 saturated heterocycles. The summed E-state index contributed by atoms with van der Waals surface area (Å²) >= 11 is 5.81. The summed E-state index contributed by atoms with van der Waals surface area (Å²) in [6, 6.07) is 0. The van der Waals surface area contributed by atoms with Gasteiger partial charge in [0.1, 0.15) is 16.8 Å². The molecule has 0 unspecified atom stereocenters. The lowest BCUT2D eigenvalue weighted by Crippen LogP contribution is -2.06. The van der Waals surface area contributed by atoms with Gasteiger partial charge in [0.05, 0.1) is 18.6 Å². The Kier molecular flexibility index (Phi) is 5.60. The van der Waals surface area contributed by atoms with E-state index in [-0.39, 0.29) is 0 Å². The molecule has 0 aliphatic rings. The lowest BCUT2D eigenvalue weighted by atomic mass is 10.1. The Morgan fingerprint density at radius 3 is 2.76 bits per heavy atom. The van der Waals surface area contributed by atoms with Gasteiger partial charge in [-0.2, -0.15) is 14.6 Å². The molecule has 25 heavy (non-hydrogen) atoms. The Morgan fingerprint density at radius 2 is 1.96 bits per heavy atom. The molecule has 0 saturated carbocycles.